The van der Waals surface area contributed by atoms with E-state index in [2.05, 4.69) is 10.6 Å². The van der Waals surface area contributed by atoms with Gasteiger partial charge in [0.1, 0.15) is 23.7 Å². The Kier molecular flexibility index (Phi) is 5.11. The number of nitrogens with one attached hydrogen (secondary N) is 2. The Morgan fingerprint density at radius 1 is 1.35 bits per heavy atom. The molecule has 2 aliphatic heterocycles. The maximum atomic E-state index is 12.9. The van der Waals surface area contributed by atoms with E-state index in [1.807, 2.05) is 13.8 Å². The molecule has 3 rings (SSSR count). The van der Waals surface area contributed by atoms with Crippen LogP contribution in [-0.4, -0.2) is 47.5 Å². The zero-order valence-corrected chi connectivity index (χ0v) is 14.7. The van der Waals surface area contributed by atoms with Crippen LogP contribution in [-0.2, 0) is 9.59 Å². The third-order valence-corrected chi connectivity index (χ3v) is 4.55. The van der Waals surface area contributed by atoms with Gasteiger partial charge in [0.2, 0.25) is 11.8 Å². The molecule has 2 aliphatic rings. The molecule has 0 radical (unpaired) electrons. The summed E-state index contributed by atoms with van der Waals surface area (Å²) in [5, 5.41) is 5.44. The Bertz CT molecular complexity index is 707. The number of carbonyl (C=O) groups is 3. The van der Waals surface area contributed by atoms with Gasteiger partial charge >= 0.3 is 6.09 Å². The first-order valence-corrected chi connectivity index (χ1v) is 8.68. The number of rotatable bonds is 4. The summed E-state index contributed by atoms with van der Waals surface area (Å²) in [6, 6.07) is 3.62. The van der Waals surface area contributed by atoms with Gasteiger partial charge in [-0.15, -0.1) is 0 Å². The average molecular weight is 363 g/mol. The summed E-state index contributed by atoms with van der Waals surface area (Å²) in [6.07, 6.45) is 0.219. The van der Waals surface area contributed by atoms with Gasteiger partial charge in [-0.05, 0) is 43.0 Å². The second kappa shape index (κ2) is 7.31. The molecule has 1 aromatic rings. The Morgan fingerprint density at radius 2 is 2.04 bits per heavy atom. The number of carbonyl (C=O) groups excluding carboxylic acids is 3. The SMILES string of the molecule is CC(C)C[C@H]1NC(=O)[C@@H]2C[C@H](NC(=O)Oc3ccc(F)cc3)CN2C1=O. The van der Waals surface area contributed by atoms with Crippen molar-refractivity contribution >= 4 is 17.9 Å². The highest BCUT2D eigenvalue weighted by molar-refractivity contribution is 5.97. The summed E-state index contributed by atoms with van der Waals surface area (Å²) in [7, 11) is 0. The number of amides is 3. The van der Waals surface area contributed by atoms with Crippen LogP contribution in [0.1, 0.15) is 26.7 Å². The van der Waals surface area contributed by atoms with Crippen LogP contribution in [0.2, 0.25) is 0 Å². The topological polar surface area (TPSA) is 87.7 Å². The first-order chi connectivity index (χ1) is 12.3. The molecule has 0 saturated carbocycles. The summed E-state index contributed by atoms with van der Waals surface area (Å²) in [4.78, 5) is 38.4. The van der Waals surface area contributed by atoms with Crippen molar-refractivity contribution in [2.24, 2.45) is 5.92 Å². The van der Waals surface area contributed by atoms with E-state index in [1.165, 1.54) is 29.2 Å². The van der Waals surface area contributed by atoms with E-state index in [-0.39, 0.29) is 36.1 Å². The Morgan fingerprint density at radius 3 is 2.69 bits per heavy atom. The molecule has 140 valence electrons. The molecule has 2 heterocycles. The molecule has 26 heavy (non-hydrogen) atoms. The first-order valence-electron chi connectivity index (χ1n) is 8.68. The maximum Gasteiger partial charge on any atom is 0.412 e. The number of hydrogen-bond donors (Lipinski definition) is 2. The number of halogens is 1. The summed E-state index contributed by atoms with van der Waals surface area (Å²) >= 11 is 0. The molecule has 2 saturated heterocycles. The standard InChI is InChI=1S/C18H22FN3O4/c1-10(2)7-14-17(24)22-9-12(8-15(22)16(23)21-14)20-18(25)26-13-5-3-11(19)4-6-13/h3-6,10,12,14-15H,7-9H2,1-2H3,(H,20,25)(H,21,23)/t12-,14+,15-/m0/s1. The summed E-state index contributed by atoms with van der Waals surface area (Å²) in [6.45, 7) is 4.25. The lowest BCUT2D eigenvalue weighted by molar-refractivity contribution is -0.147. The second-order valence-electron chi connectivity index (χ2n) is 7.12. The minimum Gasteiger partial charge on any atom is -0.410 e. The minimum atomic E-state index is -0.701. The zero-order chi connectivity index (χ0) is 18.8. The Labute approximate surface area is 150 Å². The smallest absolute Gasteiger partial charge is 0.410 e. The van der Waals surface area contributed by atoms with Gasteiger partial charge in [0.25, 0.3) is 0 Å². The van der Waals surface area contributed by atoms with Gasteiger partial charge in [0.15, 0.2) is 0 Å². The molecule has 3 atom stereocenters. The largest absolute Gasteiger partial charge is 0.412 e. The zero-order valence-electron chi connectivity index (χ0n) is 14.7. The predicted octanol–water partition coefficient (Wildman–Crippen LogP) is 1.43. The third-order valence-electron chi connectivity index (χ3n) is 4.55. The summed E-state index contributed by atoms with van der Waals surface area (Å²) in [5.74, 6) is -0.231. The fourth-order valence-corrected chi connectivity index (χ4v) is 3.40. The lowest BCUT2D eigenvalue weighted by Gasteiger charge is -2.35. The van der Waals surface area contributed by atoms with Crippen LogP contribution in [0.4, 0.5) is 9.18 Å². The molecule has 0 unspecified atom stereocenters. The van der Waals surface area contributed by atoms with E-state index in [4.69, 9.17) is 4.74 Å². The fraction of sp³-hybridized carbons (Fsp3) is 0.500. The van der Waals surface area contributed by atoms with Gasteiger partial charge in [-0.3, -0.25) is 9.59 Å². The highest BCUT2D eigenvalue weighted by atomic mass is 19.1. The minimum absolute atomic E-state index is 0.112. The van der Waals surface area contributed by atoms with E-state index < -0.39 is 24.0 Å². The molecular weight excluding hydrogens is 341 g/mol. The van der Waals surface area contributed by atoms with Gasteiger partial charge in [-0.25, -0.2) is 9.18 Å². The Hall–Kier alpha value is -2.64. The van der Waals surface area contributed by atoms with Gasteiger partial charge in [-0.1, -0.05) is 13.8 Å². The van der Waals surface area contributed by atoms with Crippen LogP contribution in [0.25, 0.3) is 0 Å². The van der Waals surface area contributed by atoms with E-state index in [9.17, 15) is 18.8 Å². The van der Waals surface area contributed by atoms with Crippen LogP contribution >= 0.6 is 0 Å². The van der Waals surface area contributed by atoms with Gasteiger partial charge < -0.3 is 20.3 Å². The average Bonchev–Trinajstić information content (AvgIpc) is 2.98. The molecule has 1 aromatic carbocycles. The van der Waals surface area contributed by atoms with Crippen molar-refractivity contribution in [3.05, 3.63) is 30.1 Å². The van der Waals surface area contributed by atoms with E-state index >= 15 is 0 Å². The first kappa shape index (κ1) is 18.2. The van der Waals surface area contributed by atoms with Crippen LogP contribution in [0, 0.1) is 11.7 Å². The molecule has 2 N–H and O–H groups in total. The molecule has 7 nitrogen and oxygen atoms in total. The quantitative estimate of drug-likeness (QED) is 0.847. The van der Waals surface area contributed by atoms with E-state index in [0.717, 1.165) is 0 Å². The van der Waals surface area contributed by atoms with Crippen molar-refractivity contribution in [3.8, 4) is 5.75 Å². The number of ether oxygens (including phenoxy) is 1. The van der Waals surface area contributed by atoms with Gasteiger partial charge in [0, 0.05) is 6.54 Å². The van der Waals surface area contributed by atoms with Crippen LogP contribution in [0.3, 0.4) is 0 Å². The van der Waals surface area contributed by atoms with Gasteiger partial charge in [-0.2, -0.15) is 0 Å². The van der Waals surface area contributed by atoms with E-state index in [0.29, 0.717) is 12.8 Å². The predicted molar refractivity (Wildman–Crippen MR) is 90.9 cm³/mol. The molecule has 3 amide bonds. The summed E-state index contributed by atoms with van der Waals surface area (Å²) in [5.41, 5.74) is 0. The number of fused-ring (bicyclic) bond motifs is 1. The number of hydrogen-bond acceptors (Lipinski definition) is 4. The van der Waals surface area contributed by atoms with Crippen molar-refractivity contribution in [2.45, 2.75) is 44.8 Å². The highest BCUT2D eigenvalue weighted by Crippen LogP contribution is 2.25. The molecular formula is C18H22FN3O4. The number of piperazine rings is 1. The summed E-state index contributed by atoms with van der Waals surface area (Å²) < 4.78 is 18.0. The molecule has 0 aromatic heterocycles. The number of benzene rings is 1. The van der Waals surface area contributed by atoms with Crippen molar-refractivity contribution in [1.82, 2.24) is 15.5 Å². The van der Waals surface area contributed by atoms with Crippen molar-refractivity contribution in [1.29, 1.82) is 0 Å². The number of nitrogens with zero attached hydrogens (tertiary/aromatic N) is 1. The Balaban J connectivity index is 1.58. The van der Waals surface area contributed by atoms with Gasteiger partial charge in [0.05, 0.1) is 6.04 Å². The molecule has 0 aliphatic carbocycles. The van der Waals surface area contributed by atoms with Crippen molar-refractivity contribution < 1.29 is 23.5 Å². The van der Waals surface area contributed by atoms with Crippen molar-refractivity contribution in [3.63, 3.8) is 0 Å². The monoisotopic (exact) mass is 363 g/mol. The van der Waals surface area contributed by atoms with Crippen LogP contribution in [0.15, 0.2) is 24.3 Å². The third kappa shape index (κ3) is 3.95. The lowest BCUT2D eigenvalue weighted by Crippen LogP contribution is -2.61. The van der Waals surface area contributed by atoms with Crippen LogP contribution < -0.4 is 15.4 Å². The molecule has 2 fully saturated rings. The maximum absolute atomic E-state index is 12.9. The van der Waals surface area contributed by atoms with E-state index in [1.54, 1.807) is 0 Å². The molecule has 8 heteroatoms. The highest BCUT2D eigenvalue weighted by Gasteiger charge is 2.46. The second-order valence-corrected chi connectivity index (χ2v) is 7.12. The van der Waals surface area contributed by atoms with Crippen LogP contribution in [0.5, 0.6) is 5.75 Å². The lowest BCUT2D eigenvalue weighted by atomic mass is 9.99. The molecule has 0 bridgehead atoms. The normalized spacial score (nSPS) is 25.1. The fourth-order valence-electron chi connectivity index (χ4n) is 3.40. The molecule has 0 spiro atoms. The van der Waals surface area contributed by atoms with Crippen molar-refractivity contribution in [2.75, 3.05) is 6.54 Å².